The number of likely N-dealkylation sites (N-methyl/N-ethyl adjacent to an activating group) is 1. The molecule has 0 radical (unpaired) electrons. The number of aromatic nitrogens is 2. The summed E-state index contributed by atoms with van der Waals surface area (Å²) in [6, 6.07) is 20.0. The zero-order valence-electron chi connectivity index (χ0n) is 28.7. The van der Waals surface area contributed by atoms with Crippen molar-refractivity contribution < 1.29 is 19.1 Å². The minimum Gasteiger partial charge on any atom is -0.846 e. The van der Waals surface area contributed by atoms with Gasteiger partial charge in [0.2, 0.25) is 5.91 Å². The number of quaternary nitrogens is 1. The van der Waals surface area contributed by atoms with Gasteiger partial charge in [-0.3, -0.25) is 14.5 Å². The van der Waals surface area contributed by atoms with Crippen molar-refractivity contribution in [2.75, 3.05) is 64.2 Å². The van der Waals surface area contributed by atoms with Gasteiger partial charge in [0, 0.05) is 43.1 Å². The number of rotatable bonds is 12. The maximum Gasteiger partial charge on any atom is 0.227 e. The van der Waals surface area contributed by atoms with Crippen LogP contribution in [0.5, 0.6) is 5.75 Å². The van der Waals surface area contributed by atoms with E-state index >= 15 is 0 Å². The minimum absolute atomic E-state index is 0.132. The van der Waals surface area contributed by atoms with Gasteiger partial charge in [-0.25, -0.2) is 0 Å². The Morgan fingerprint density at radius 1 is 1.09 bits per heavy atom. The summed E-state index contributed by atoms with van der Waals surface area (Å²) < 4.78 is 8.68. The molecular weight excluding hydrogens is 588 g/mol. The molecule has 2 heterocycles. The van der Waals surface area contributed by atoms with Crippen molar-refractivity contribution in [2.24, 2.45) is 4.99 Å². The number of carbonyl (C=O) groups is 1. The van der Waals surface area contributed by atoms with Gasteiger partial charge in [-0.05, 0) is 85.2 Å². The monoisotopic (exact) mass is 636 g/mol. The number of amides is 1. The van der Waals surface area contributed by atoms with Gasteiger partial charge in [-0.1, -0.05) is 36.4 Å². The van der Waals surface area contributed by atoms with Crippen LogP contribution in [0.2, 0.25) is 0 Å². The lowest BCUT2D eigenvalue weighted by Crippen LogP contribution is -2.40. The molecule has 1 aliphatic rings. The summed E-state index contributed by atoms with van der Waals surface area (Å²) in [5.41, 5.74) is 8.50. The molecule has 0 aliphatic carbocycles. The third-order valence-electron chi connectivity index (χ3n) is 8.79. The molecule has 0 N–H and O–H groups in total. The van der Waals surface area contributed by atoms with E-state index < -0.39 is 0 Å². The van der Waals surface area contributed by atoms with Crippen molar-refractivity contribution >= 4 is 23.3 Å². The highest BCUT2D eigenvalue weighted by Crippen LogP contribution is 2.36. The fourth-order valence-corrected chi connectivity index (χ4v) is 5.88. The topological polar surface area (TPSA) is 86.0 Å². The Bertz CT molecular complexity index is 1720. The van der Waals surface area contributed by atoms with Crippen LogP contribution in [0.25, 0.3) is 11.1 Å². The normalized spacial score (nSPS) is 13.4. The summed E-state index contributed by atoms with van der Waals surface area (Å²) >= 11 is 0. The number of aryl methyl sites for hydroxylation is 1. The van der Waals surface area contributed by atoms with Gasteiger partial charge in [0.05, 0.1) is 59.6 Å². The highest BCUT2D eigenvalue weighted by molar-refractivity contribution is 5.96. The number of ether oxygens (including phenoxy) is 1. The lowest BCUT2D eigenvalue weighted by Gasteiger charge is -2.31. The average molecular weight is 637 g/mol. The number of fused-ring (bicyclic) bond motifs is 1. The van der Waals surface area contributed by atoms with Crippen LogP contribution in [0.3, 0.4) is 0 Å². The Morgan fingerprint density at radius 3 is 2.68 bits per heavy atom. The third kappa shape index (κ3) is 8.60. The molecule has 1 aromatic heterocycles. The Kier molecular flexibility index (Phi) is 10.7. The zero-order valence-corrected chi connectivity index (χ0v) is 28.7. The lowest BCUT2D eigenvalue weighted by molar-refractivity contribution is -0.868. The smallest absolute Gasteiger partial charge is 0.227 e. The first-order valence-corrected chi connectivity index (χ1v) is 16.5. The first kappa shape index (κ1) is 33.7. The number of hydrogen-bond donors (Lipinski definition) is 0. The molecule has 9 heteroatoms. The highest BCUT2D eigenvalue weighted by atomic mass is 16.5. The van der Waals surface area contributed by atoms with E-state index in [0.717, 1.165) is 69.8 Å². The van der Waals surface area contributed by atoms with Crippen molar-refractivity contribution in [1.82, 2.24) is 9.78 Å². The molecular formula is C38H48N6O3. The van der Waals surface area contributed by atoms with Crippen LogP contribution < -0.4 is 19.6 Å². The van der Waals surface area contributed by atoms with Gasteiger partial charge in [0.15, 0.2) is 0 Å². The second kappa shape index (κ2) is 14.9. The molecule has 0 fully saturated rings. The first-order chi connectivity index (χ1) is 22.5. The molecule has 0 saturated heterocycles. The summed E-state index contributed by atoms with van der Waals surface area (Å²) in [4.78, 5) is 21.2. The number of nitrogens with zero attached hydrogens (tertiary/aromatic N) is 6. The largest absolute Gasteiger partial charge is 0.846 e. The summed E-state index contributed by atoms with van der Waals surface area (Å²) in [6.45, 7) is 7.23. The molecule has 5 rings (SSSR count). The summed E-state index contributed by atoms with van der Waals surface area (Å²) in [5, 5.41) is 17.4. The van der Waals surface area contributed by atoms with Crippen LogP contribution in [-0.2, 0) is 17.8 Å². The lowest BCUT2D eigenvalue weighted by atomic mass is 9.93. The van der Waals surface area contributed by atoms with Crippen LogP contribution in [0.15, 0.2) is 78.0 Å². The molecule has 0 spiro atoms. The van der Waals surface area contributed by atoms with E-state index in [4.69, 9.17) is 4.74 Å². The SMILES string of the molecule is Cc1cccc(OCCCC(=O)N2CCCc3c(-c4cnn(Cc5cccc(N(C)C([O-])=NCC[N+](C)(C)C)c5)c4)cccc32)c1C. The van der Waals surface area contributed by atoms with E-state index in [1.807, 2.05) is 58.2 Å². The fourth-order valence-electron chi connectivity index (χ4n) is 5.88. The van der Waals surface area contributed by atoms with Crippen LogP contribution in [-0.4, -0.2) is 80.6 Å². The molecule has 1 amide bonds. The van der Waals surface area contributed by atoms with E-state index in [0.29, 0.717) is 32.5 Å². The molecule has 1 aliphatic heterocycles. The molecule has 9 nitrogen and oxygen atoms in total. The minimum atomic E-state index is -0.246. The predicted molar refractivity (Wildman–Crippen MR) is 188 cm³/mol. The first-order valence-electron chi connectivity index (χ1n) is 16.5. The number of carbonyl (C=O) groups excluding carboxylic acids is 1. The van der Waals surface area contributed by atoms with Crippen molar-refractivity contribution in [3.63, 3.8) is 0 Å². The maximum absolute atomic E-state index is 13.4. The number of aliphatic imine (C=N–C) groups is 1. The second-order valence-electron chi connectivity index (χ2n) is 13.4. The summed E-state index contributed by atoms with van der Waals surface area (Å²) in [5.74, 6) is 1.02. The van der Waals surface area contributed by atoms with Gasteiger partial charge in [-0.2, -0.15) is 5.10 Å². The predicted octanol–water partition coefficient (Wildman–Crippen LogP) is 5.21. The number of benzene rings is 3. The molecule has 0 unspecified atom stereocenters. The molecule has 3 aromatic carbocycles. The van der Waals surface area contributed by atoms with Crippen molar-refractivity contribution in [3.8, 4) is 16.9 Å². The molecule has 0 saturated carbocycles. The Morgan fingerprint density at radius 2 is 1.87 bits per heavy atom. The molecule has 4 aromatic rings. The van der Waals surface area contributed by atoms with E-state index in [9.17, 15) is 9.90 Å². The average Bonchev–Trinajstić information content (AvgIpc) is 3.51. The maximum atomic E-state index is 13.4. The Labute approximate surface area is 279 Å². The van der Waals surface area contributed by atoms with E-state index in [1.165, 1.54) is 11.1 Å². The van der Waals surface area contributed by atoms with Crippen LogP contribution in [0, 0.1) is 13.8 Å². The van der Waals surface area contributed by atoms with Crippen molar-refractivity contribution in [2.45, 2.75) is 46.1 Å². The van der Waals surface area contributed by atoms with Gasteiger partial charge < -0.3 is 24.1 Å². The van der Waals surface area contributed by atoms with Gasteiger partial charge in [0.25, 0.3) is 0 Å². The second-order valence-corrected chi connectivity index (χ2v) is 13.4. The van der Waals surface area contributed by atoms with Crippen LogP contribution in [0.1, 0.15) is 41.5 Å². The fraction of sp³-hybridized carbons (Fsp3) is 0.395. The zero-order chi connectivity index (χ0) is 33.6. The Balaban J connectivity index is 1.23. The van der Waals surface area contributed by atoms with Crippen molar-refractivity contribution in [3.05, 3.63) is 95.3 Å². The van der Waals surface area contributed by atoms with E-state index in [-0.39, 0.29) is 11.9 Å². The Hall–Kier alpha value is -4.63. The number of anilines is 2. The highest BCUT2D eigenvalue weighted by Gasteiger charge is 2.25. The standard InChI is InChI=1S/C38H48N6O3/c1-28-12-7-18-36(29(28)2)47-23-11-19-37(45)43-21-10-16-34-33(15-9-17-35(34)43)31-25-40-42(27-31)26-30-13-8-14-32(24-30)41(3)38(46)39-20-22-44(4,5)6/h7-9,12-15,17-18,24-25,27H,10-11,16,19-23,26H2,1-6H3. The van der Waals surface area contributed by atoms with Gasteiger partial charge in [-0.15, -0.1) is 0 Å². The molecule has 47 heavy (non-hydrogen) atoms. The third-order valence-corrected chi connectivity index (χ3v) is 8.79. The van der Waals surface area contributed by atoms with Crippen LogP contribution in [0.4, 0.5) is 11.4 Å². The summed E-state index contributed by atoms with van der Waals surface area (Å²) in [7, 11) is 8.02. The quantitative estimate of drug-likeness (QED) is 0.0923. The number of hydrogen-bond acceptors (Lipinski definition) is 5. The molecule has 248 valence electrons. The van der Waals surface area contributed by atoms with E-state index in [2.05, 4.69) is 69.5 Å². The van der Waals surface area contributed by atoms with E-state index in [1.54, 1.807) is 11.9 Å². The number of amidine groups is 1. The van der Waals surface area contributed by atoms with Gasteiger partial charge in [0.1, 0.15) is 5.75 Å². The molecule has 0 bridgehead atoms. The van der Waals surface area contributed by atoms with Gasteiger partial charge >= 0.3 is 0 Å². The molecule has 0 atom stereocenters. The van der Waals surface area contributed by atoms with Crippen LogP contribution >= 0.6 is 0 Å². The van der Waals surface area contributed by atoms with Crippen molar-refractivity contribution in [1.29, 1.82) is 0 Å². The summed E-state index contributed by atoms with van der Waals surface area (Å²) in [6.07, 6.45) is 6.90.